The number of hydrazone groups is 1. The SMILES string of the molecule is O=S(=O)(N/N=C/c1cc(Cl)c(O)c(Cl)c1)c1ccccc1. The lowest BCUT2D eigenvalue weighted by Crippen LogP contribution is -2.18. The second-order valence-electron chi connectivity index (χ2n) is 4.00. The highest BCUT2D eigenvalue weighted by Gasteiger charge is 2.11. The topological polar surface area (TPSA) is 78.8 Å². The Labute approximate surface area is 131 Å². The monoisotopic (exact) mass is 344 g/mol. The van der Waals surface area contributed by atoms with Crippen molar-refractivity contribution < 1.29 is 13.5 Å². The Kier molecular flexibility index (Phi) is 4.72. The standard InChI is InChI=1S/C13H10Cl2N2O3S/c14-11-6-9(7-12(15)13(11)18)8-16-17-21(19,20)10-4-2-1-3-5-10/h1-8,17-18H/b16-8+. The molecule has 2 aromatic carbocycles. The second kappa shape index (κ2) is 6.34. The van der Waals surface area contributed by atoms with Crippen LogP contribution in [0.1, 0.15) is 5.56 Å². The Balaban J connectivity index is 2.16. The Hall–Kier alpha value is -1.76. The van der Waals surface area contributed by atoms with Gasteiger partial charge in [0, 0.05) is 0 Å². The molecule has 21 heavy (non-hydrogen) atoms. The highest BCUT2D eigenvalue weighted by molar-refractivity contribution is 7.89. The second-order valence-corrected chi connectivity index (χ2v) is 6.47. The van der Waals surface area contributed by atoms with Crippen molar-refractivity contribution in [1.29, 1.82) is 0 Å². The molecule has 5 nitrogen and oxygen atoms in total. The molecule has 0 saturated carbocycles. The molecule has 8 heteroatoms. The van der Waals surface area contributed by atoms with E-state index in [1.807, 2.05) is 0 Å². The van der Waals surface area contributed by atoms with Crippen LogP contribution >= 0.6 is 23.2 Å². The van der Waals surface area contributed by atoms with Crippen LogP contribution in [0.4, 0.5) is 0 Å². The summed E-state index contributed by atoms with van der Waals surface area (Å²) in [6.07, 6.45) is 1.23. The summed E-state index contributed by atoms with van der Waals surface area (Å²) in [4.78, 5) is 2.17. The first kappa shape index (κ1) is 15.6. The van der Waals surface area contributed by atoms with Crippen LogP contribution in [0.3, 0.4) is 0 Å². The fourth-order valence-corrected chi connectivity index (χ4v) is 2.80. The van der Waals surface area contributed by atoms with Crippen LogP contribution in [-0.4, -0.2) is 19.7 Å². The average molecular weight is 345 g/mol. The minimum atomic E-state index is -3.72. The van der Waals surface area contributed by atoms with Crippen molar-refractivity contribution in [3.05, 3.63) is 58.1 Å². The molecular formula is C13H10Cl2N2O3S. The van der Waals surface area contributed by atoms with Crippen LogP contribution in [0.2, 0.25) is 10.0 Å². The summed E-state index contributed by atoms with van der Waals surface area (Å²) in [6.45, 7) is 0. The van der Waals surface area contributed by atoms with Crippen molar-refractivity contribution in [2.45, 2.75) is 4.90 Å². The van der Waals surface area contributed by atoms with Gasteiger partial charge in [-0.25, -0.2) is 4.83 Å². The van der Waals surface area contributed by atoms with Crippen molar-refractivity contribution in [1.82, 2.24) is 4.83 Å². The van der Waals surface area contributed by atoms with Gasteiger partial charge >= 0.3 is 0 Å². The molecule has 0 aliphatic carbocycles. The minimum absolute atomic E-state index is 0.0508. The summed E-state index contributed by atoms with van der Waals surface area (Å²) in [5, 5.41) is 13.2. The fourth-order valence-electron chi connectivity index (χ4n) is 1.48. The molecule has 0 spiro atoms. The lowest BCUT2D eigenvalue weighted by molar-refractivity contribution is 0.476. The number of phenolic OH excluding ortho intramolecular Hbond substituents is 1. The third-order valence-electron chi connectivity index (χ3n) is 2.48. The van der Waals surface area contributed by atoms with Gasteiger partial charge < -0.3 is 5.11 Å². The highest BCUT2D eigenvalue weighted by Crippen LogP contribution is 2.32. The molecule has 2 N–H and O–H groups in total. The van der Waals surface area contributed by atoms with E-state index < -0.39 is 10.0 Å². The van der Waals surface area contributed by atoms with Crippen molar-refractivity contribution in [2.75, 3.05) is 0 Å². The van der Waals surface area contributed by atoms with Gasteiger partial charge in [-0.2, -0.15) is 13.5 Å². The maximum atomic E-state index is 11.9. The summed E-state index contributed by atoms with van der Waals surface area (Å²) in [5.74, 6) is -0.236. The molecule has 0 bridgehead atoms. The van der Waals surface area contributed by atoms with E-state index in [0.717, 1.165) is 0 Å². The van der Waals surface area contributed by atoms with Crippen LogP contribution < -0.4 is 4.83 Å². The Morgan fingerprint density at radius 1 is 1.10 bits per heavy atom. The number of nitrogens with zero attached hydrogens (tertiary/aromatic N) is 1. The van der Waals surface area contributed by atoms with Crippen molar-refractivity contribution in [2.24, 2.45) is 5.10 Å². The molecular weight excluding hydrogens is 335 g/mol. The number of benzene rings is 2. The zero-order chi connectivity index (χ0) is 15.5. The first-order valence-corrected chi connectivity index (χ1v) is 7.92. The molecule has 0 saturated heterocycles. The lowest BCUT2D eigenvalue weighted by Gasteiger charge is -2.03. The number of sulfonamides is 1. The van der Waals surface area contributed by atoms with Gasteiger partial charge in [-0.15, -0.1) is 0 Å². The van der Waals surface area contributed by atoms with Gasteiger partial charge in [-0.3, -0.25) is 0 Å². The first-order chi connectivity index (χ1) is 9.90. The molecule has 0 radical (unpaired) electrons. The molecule has 0 aliphatic heterocycles. The minimum Gasteiger partial charge on any atom is -0.505 e. The third-order valence-corrected chi connectivity index (χ3v) is 4.29. The summed E-state index contributed by atoms with van der Waals surface area (Å²) in [6, 6.07) is 10.6. The van der Waals surface area contributed by atoms with Gasteiger partial charge in [0.05, 0.1) is 21.2 Å². The van der Waals surface area contributed by atoms with E-state index in [9.17, 15) is 13.5 Å². The summed E-state index contributed by atoms with van der Waals surface area (Å²) >= 11 is 11.5. The zero-order valence-corrected chi connectivity index (χ0v) is 12.8. The van der Waals surface area contributed by atoms with E-state index in [2.05, 4.69) is 9.93 Å². The molecule has 0 fully saturated rings. The van der Waals surface area contributed by atoms with Gasteiger partial charge in [-0.05, 0) is 29.8 Å². The van der Waals surface area contributed by atoms with Crippen LogP contribution in [0.15, 0.2) is 52.5 Å². The number of halogens is 2. The normalized spacial score (nSPS) is 11.7. The van der Waals surface area contributed by atoms with Gasteiger partial charge in [0.2, 0.25) is 0 Å². The molecule has 0 heterocycles. The predicted octanol–water partition coefficient (Wildman–Crippen LogP) is 3.01. The zero-order valence-electron chi connectivity index (χ0n) is 10.5. The number of hydrogen-bond acceptors (Lipinski definition) is 4. The number of phenols is 1. The largest absolute Gasteiger partial charge is 0.505 e. The number of nitrogens with one attached hydrogen (secondary N) is 1. The van der Waals surface area contributed by atoms with Crippen LogP contribution in [-0.2, 0) is 10.0 Å². The number of hydrogen-bond donors (Lipinski definition) is 2. The molecule has 2 aromatic rings. The molecule has 110 valence electrons. The maximum absolute atomic E-state index is 11.9. The highest BCUT2D eigenvalue weighted by atomic mass is 35.5. The Morgan fingerprint density at radius 2 is 1.67 bits per heavy atom. The summed E-state index contributed by atoms with van der Waals surface area (Å²) < 4.78 is 23.8. The summed E-state index contributed by atoms with van der Waals surface area (Å²) in [5.41, 5.74) is 0.443. The average Bonchev–Trinajstić information content (AvgIpc) is 2.45. The predicted molar refractivity (Wildman–Crippen MR) is 82.5 cm³/mol. The van der Waals surface area contributed by atoms with E-state index >= 15 is 0 Å². The molecule has 0 amide bonds. The molecule has 0 unspecified atom stereocenters. The van der Waals surface area contributed by atoms with E-state index in [0.29, 0.717) is 5.56 Å². The first-order valence-electron chi connectivity index (χ1n) is 5.68. The van der Waals surface area contributed by atoms with Gasteiger partial charge in [0.1, 0.15) is 0 Å². The van der Waals surface area contributed by atoms with Crippen LogP contribution in [0, 0.1) is 0 Å². The molecule has 2 rings (SSSR count). The smallest absolute Gasteiger partial charge is 0.276 e. The van der Waals surface area contributed by atoms with E-state index in [4.69, 9.17) is 23.2 Å². The van der Waals surface area contributed by atoms with E-state index in [1.54, 1.807) is 18.2 Å². The van der Waals surface area contributed by atoms with Gasteiger partial charge in [0.25, 0.3) is 10.0 Å². The lowest BCUT2D eigenvalue weighted by atomic mass is 10.2. The fraction of sp³-hybridized carbons (Fsp3) is 0. The van der Waals surface area contributed by atoms with Gasteiger partial charge in [0.15, 0.2) is 5.75 Å². The Morgan fingerprint density at radius 3 is 2.24 bits per heavy atom. The quantitative estimate of drug-likeness (QED) is 0.660. The van der Waals surface area contributed by atoms with Crippen molar-refractivity contribution in [3.63, 3.8) is 0 Å². The molecule has 0 aliphatic rings. The Bertz CT molecular complexity index is 754. The number of rotatable bonds is 4. The van der Waals surface area contributed by atoms with Crippen LogP contribution in [0.5, 0.6) is 5.75 Å². The van der Waals surface area contributed by atoms with Crippen LogP contribution in [0.25, 0.3) is 0 Å². The van der Waals surface area contributed by atoms with Crippen molar-refractivity contribution in [3.8, 4) is 5.75 Å². The summed E-state index contributed by atoms with van der Waals surface area (Å²) in [7, 11) is -3.72. The van der Waals surface area contributed by atoms with E-state index in [-0.39, 0.29) is 20.7 Å². The van der Waals surface area contributed by atoms with Gasteiger partial charge in [-0.1, -0.05) is 41.4 Å². The maximum Gasteiger partial charge on any atom is 0.276 e. The third kappa shape index (κ3) is 3.87. The molecule has 0 atom stereocenters. The van der Waals surface area contributed by atoms with Crippen molar-refractivity contribution >= 4 is 39.4 Å². The number of aromatic hydroxyl groups is 1. The molecule has 0 aromatic heterocycles. The van der Waals surface area contributed by atoms with E-state index in [1.165, 1.54) is 30.5 Å².